The highest BCUT2D eigenvalue weighted by Gasteiger charge is 2.16. The van der Waals surface area contributed by atoms with Crippen molar-refractivity contribution in [2.24, 2.45) is 0 Å². The van der Waals surface area contributed by atoms with Crippen LogP contribution in [0.3, 0.4) is 0 Å². The van der Waals surface area contributed by atoms with Gasteiger partial charge in [0.05, 0.1) is 12.2 Å². The summed E-state index contributed by atoms with van der Waals surface area (Å²) in [4.78, 5) is 8.78. The van der Waals surface area contributed by atoms with E-state index >= 15 is 0 Å². The van der Waals surface area contributed by atoms with Gasteiger partial charge in [-0.2, -0.15) is 0 Å². The van der Waals surface area contributed by atoms with Gasteiger partial charge in [0.15, 0.2) is 0 Å². The van der Waals surface area contributed by atoms with Crippen molar-refractivity contribution in [1.82, 2.24) is 20.0 Å². The van der Waals surface area contributed by atoms with Gasteiger partial charge in [0.2, 0.25) is 10.0 Å². The molecule has 2 N–H and O–H groups in total. The van der Waals surface area contributed by atoms with Gasteiger partial charge in [0.25, 0.3) is 0 Å². The van der Waals surface area contributed by atoms with Crippen LogP contribution in [0.5, 0.6) is 0 Å². The maximum atomic E-state index is 12.2. The van der Waals surface area contributed by atoms with Crippen LogP contribution in [0.1, 0.15) is 23.9 Å². The van der Waals surface area contributed by atoms with E-state index in [1.165, 1.54) is 17.7 Å². The minimum atomic E-state index is -3.49. The third-order valence-electron chi connectivity index (χ3n) is 2.71. The number of sulfonamides is 1. The number of aromatic nitrogens is 2. The summed E-state index contributed by atoms with van der Waals surface area (Å²) in [5, 5.41) is 3.25. The molecule has 114 valence electrons. The molecule has 0 amide bonds. The smallest absolute Gasteiger partial charge is 0.250 e. The summed E-state index contributed by atoms with van der Waals surface area (Å²) < 4.78 is 27.2. The number of hydrogen-bond donors (Lipinski definition) is 2. The van der Waals surface area contributed by atoms with Gasteiger partial charge in [-0.1, -0.05) is 6.92 Å². The lowest BCUT2D eigenvalue weighted by Crippen LogP contribution is -2.22. The fraction of sp³-hybridized carbons (Fsp3) is 0.385. The highest BCUT2D eigenvalue weighted by atomic mass is 32.2. The highest BCUT2D eigenvalue weighted by Crippen LogP contribution is 2.21. The van der Waals surface area contributed by atoms with Gasteiger partial charge in [-0.05, 0) is 31.2 Å². The fourth-order valence-corrected chi connectivity index (χ4v) is 4.02. The standard InChI is InChI=1S/C13H18N4O2S2/c1-2-6-14-9-12-3-4-13(20-12)21(18,19)17-8-11-5-7-15-10-16-11/h3-5,7,10,14,17H,2,6,8-9H2,1H3. The Balaban J connectivity index is 1.96. The highest BCUT2D eigenvalue weighted by molar-refractivity contribution is 7.91. The van der Waals surface area contributed by atoms with Crippen LogP contribution in [0.4, 0.5) is 0 Å². The van der Waals surface area contributed by atoms with Crippen LogP contribution in [0.2, 0.25) is 0 Å². The second kappa shape index (κ2) is 7.60. The van der Waals surface area contributed by atoms with Gasteiger partial charge < -0.3 is 5.32 Å². The Morgan fingerprint density at radius 3 is 2.81 bits per heavy atom. The summed E-state index contributed by atoms with van der Waals surface area (Å²) in [5.74, 6) is 0. The zero-order valence-electron chi connectivity index (χ0n) is 11.7. The summed E-state index contributed by atoms with van der Waals surface area (Å²) in [6.07, 6.45) is 4.03. The Bertz CT molecular complexity index is 656. The second-order valence-corrected chi connectivity index (χ2v) is 7.58. The Labute approximate surface area is 128 Å². The molecule has 0 aromatic carbocycles. The van der Waals surface area contributed by atoms with Crippen LogP contribution in [0, 0.1) is 0 Å². The predicted octanol–water partition coefficient (Wildman–Crippen LogP) is 1.52. The van der Waals surface area contributed by atoms with E-state index in [2.05, 4.69) is 26.9 Å². The Morgan fingerprint density at radius 1 is 1.24 bits per heavy atom. The maximum Gasteiger partial charge on any atom is 0.250 e. The van der Waals surface area contributed by atoms with Crippen LogP contribution in [0.15, 0.2) is 34.9 Å². The molecule has 0 radical (unpaired) electrons. The average molecular weight is 326 g/mol. The molecule has 0 aliphatic rings. The monoisotopic (exact) mass is 326 g/mol. The SMILES string of the molecule is CCCNCc1ccc(S(=O)(=O)NCc2ccncn2)s1. The summed E-state index contributed by atoms with van der Waals surface area (Å²) in [5.41, 5.74) is 0.634. The van der Waals surface area contributed by atoms with Crippen molar-refractivity contribution >= 4 is 21.4 Å². The van der Waals surface area contributed by atoms with E-state index < -0.39 is 10.0 Å². The van der Waals surface area contributed by atoms with Crippen LogP contribution < -0.4 is 10.0 Å². The molecule has 2 aromatic rings. The molecule has 8 heteroatoms. The van der Waals surface area contributed by atoms with Crippen molar-refractivity contribution in [3.05, 3.63) is 41.3 Å². The van der Waals surface area contributed by atoms with Crippen LogP contribution >= 0.6 is 11.3 Å². The third kappa shape index (κ3) is 4.85. The van der Waals surface area contributed by atoms with Crippen LogP contribution in [0.25, 0.3) is 0 Å². The molecule has 0 aliphatic carbocycles. The molecule has 21 heavy (non-hydrogen) atoms. The lowest BCUT2D eigenvalue weighted by atomic mass is 10.4. The fourth-order valence-electron chi connectivity index (χ4n) is 1.65. The molecule has 0 saturated heterocycles. The van der Waals surface area contributed by atoms with E-state index in [0.717, 1.165) is 17.8 Å². The van der Waals surface area contributed by atoms with E-state index in [-0.39, 0.29) is 6.54 Å². The normalized spacial score (nSPS) is 11.7. The summed E-state index contributed by atoms with van der Waals surface area (Å²) in [7, 11) is -3.49. The lowest BCUT2D eigenvalue weighted by Gasteiger charge is -2.04. The van der Waals surface area contributed by atoms with Crippen molar-refractivity contribution < 1.29 is 8.42 Å². The van der Waals surface area contributed by atoms with Crippen molar-refractivity contribution in [1.29, 1.82) is 0 Å². The molecule has 2 aromatic heterocycles. The minimum absolute atomic E-state index is 0.159. The molecule has 2 heterocycles. The maximum absolute atomic E-state index is 12.2. The van der Waals surface area contributed by atoms with Crippen molar-refractivity contribution in [2.45, 2.75) is 30.6 Å². The van der Waals surface area contributed by atoms with E-state index in [0.29, 0.717) is 16.4 Å². The number of thiophene rings is 1. The zero-order chi connectivity index (χ0) is 15.1. The van der Waals surface area contributed by atoms with Gasteiger partial charge in [-0.3, -0.25) is 0 Å². The summed E-state index contributed by atoms with van der Waals surface area (Å²) >= 11 is 1.28. The predicted molar refractivity (Wildman–Crippen MR) is 82.4 cm³/mol. The molecule has 0 bridgehead atoms. The second-order valence-electron chi connectivity index (χ2n) is 4.42. The van der Waals surface area contributed by atoms with Gasteiger partial charge >= 0.3 is 0 Å². The minimum Gasteiger partial charge on any atom is -0.312 e. The quantitative estimate of drug-likeness (QED) is 0.719. The molecule has 0 atom stereocenters. The molecule has 0 aliphatic heterocycles. The largest absolute Gasteiger partial charge is 0.312 e. The van der Waals surface area contributed by atoms with Crippen LogP contribution in [-0.4, -0.2) is 24.9 Å². The molecule has 0 unspecified atom stereocenters. The molecule has 2 rings (SSSR count). The van der Waals surface area contributed by atoms with Gasteiger partial charge in [-0.25, -0.2) is 23.1 Å². The topological polar surface area (TPSA) is 84.0 Å². The Kier molecular flexibility index (Phi) is 5.80. The molecule has 6 nitrogen and oxygen atoms in total. The number of hydrogen-bond acceptors (Lipinski definition) is 6. The molecular weight excluding hydrogens is 308 g/mol. The Morgan fingerprint density at radius 2 is 2.10 bits per heavy atom. The molecule has 0 saturated carbocycles. The van der Waals surface area contributed by atoms with E-state index in [1.807, 2.05) is 6.07 Å². The first-order valence-corrected chi connectivity index (χ1v) is 8.96. The molecule has 0 spiro atoms. The van der Waals surface area contributed by atoms with E-state index in [9.17, 15) is 8.42 Å². The summed E-state index contributed by atoms with van der Waals surface area (Å²) in [6.45, 7) is 3.87. The molecule has 0 fully saturated rings. The van der Waals surface area contributed by atoms with Crippen LogP contribution in [-0.2, 0) is 23.1 Å². The van der Waals surface area contributed by atoms with Crippen molar-refractivity contribution in [3.8, 4) is 0 Å². The summed E-state index contributed by atoms with van der Waals surface area (Å²) in [6, 6.07) is 5.15. The Hall–Kier alpha value is -1.35. The number of nitrogens with one attached hydrogen (secondary N) is 2. The van der Waals surface area contributed by atoms with Gasteiger partial charge in [-0.15, -0.1) is 11.3 Å². The van der Waals surface area contributed by atoms with E-state index in [4.69, 9.17) is 0 Å². The first-order chi connectivity index (χ1) is 10.1. The molecular formula is C13H18N4O2S2. The van der Waals surface area contributed by atoms with E-state index in [1.54, 1.807) is 18.3 Å². The van der Waals surface area contributed by atoms with Gasteiger partial charge in [0.1, 0.15) is 10.5 Å². The van der Waals surface area contributed by atoms with Crippen molar-refractivity contribution in [2.75, 3.05) is 6.54 Å². The zero-order valence-corrected chi connectivity index (χ0v) is 13.4. The first-order valence-electron chi connectivity index (χ1n) is 6.66. The number of nitrogens with zero attached hydrogens (tertiary/aromatic N) is 2. The number of rotatable bonds is 8. The van der Waals surface area contributed by atoms with Gasteiger partial charge in [0, 0.05) is 17.6 Å². The average Bonchev–Trinajstić information content (AvgIpc) is 2.96. The van der Waals surface area contributed by atoms with Crippen molar-refractivity contribution in [3.63, 3.8) is 0 Å². The lowest BCUT2D eigenvalue weighted by molar-refractivity contribution is 0.582. The third-order valence-corrected chi connectivity index (χ3v) is 5.69. The first kappa shape index (κ1) is 16.0.